The Morgan fingerprint density at radius 1 is 1.53 bits per heavy atom. The van der Waals surface area contributed by atoms with Gasteiger partial charge in [-0.25, -0.2) is 4.98 Å². The van der Waals surface area contributed by atoms with Gasteiger partial charge in [-0.15, -0.1) is 6.42 Å². The van der Waals surface area contributed by atoms with E-state index in [-0.39, 0.29) is 0 Å². The molecule has 1 aliphatic rings. The molecule has 0 radical (unpaired) electrons. The minimum atomic E-state index is 0.589. The number of nitrogens with one attached hydrogen (secondary N) is 1. The lowest BCUT2D eigenvalue weighted by Gasteiger charge is -2.16. The van der Waals surface area contributed by atoms with Gasteiger partial charge in [-0.1, -0.05) is 5.92 Å². The lowest BCUT2D eigenvalue weighted by molar-refractivity contribution is 0.686. The first-order chi connectivity index (χ1) is 8.19. The summed E-state index contributed by atoms with van der Waals surface area (Å²) in [6.45, 7) is 3.53. The van der Waals surface area contributed by atoms with Crippen LogP contribution in [0.5, 0.6) is 0 Å². The zero-order valence-electron chi connectivity index (χ0n) is 10.5. The zero-order valence-corrected chi connectivity index (χ0v) is 10.5. The van der Waals surface area contributed by atoms with E-state index in [1.54, 1.807) is 0 Å². The molecule has 1 fully saturated rings. The van der Waals surface area contributed by atoms with Crippen LogP contribution in [0.25, 0.3) is 0 Å². The molecule has 0 aromatic carbocycles. The summed E-state index contributed by atoms with van der Waals surface area (Å²) in [5.41, 5.74) is 2.32. The van der Waals surface area contributed by atoms with E-state index in [1.807, 2.05) is 18.9 Å². The monoisotopic (exact) mass is 229 g/mol. The Morgan fingerprint density at radius 3 is 2.94 bits per heavy atom. The lowest BCUT2D eigenvalue weighted by Crippen LogP contribution is -2.20. The third-order valence-electron chi connectivity index (χ3n) is 2.89. The van der Waals surface area contributed by atoms with Gasteiger partial charge in [-0.2, -0.15) is 0 Å². The maximum absolute atomic E-state index is 5.32. The zero-order chi connectivity index (χ0) is 12.3. The number of nitrogens with zero attached hydrogens (tertiary/aromatic N) is 2. The van der Waals surface area contributed by atoms with E-state index < -0.39 is 0 Å². The van der Waals surface area contributed by atoms with E-state index in [0.29, 0.717) is 6.54 Å². The molecule has 0 spiro atoms. The molecule has 1 N–H and O–H groups in total. The van der Waals surface area contributed by atoms with E-state index in [1.165, 1.54) is 18.4 Å². The largest absolute Gasteiger partial charge is 0.349 e. The van der Waals surface area contributed by atoms with Crippen LogP contribution < -0.4 is 10.2 Å². The fourth-order valence-electron chi connectivity index (χ4n) is 1.79. The van der Waals surface area contributed by atoms with Crippen LogP contribution in [0.2, 0.25) is 0 Å². The number of hydrogen-bond acceptors (Lipinski definition) is 3. The van der Waals surface area contributed by atoms with Gasteiger partial charge in [-0.3, -0.25) is 0 Å². The van der Waals surface area contributed by atoms with Crippen molar-refractivity contribution in [1.29, 1.82) is 0 Å². The molecule has 3 heteroatoms. The first kappa shape index (κ1) is 11.9. The SMILES string of the molecule is C#CCN(C)c1cc(CNC2CC2)cc(C)n1. The van der Waals surface area contributed by atoms with Crippen LogP contribution in [0, 0.1) is 19.3 Å². The molecule has 0 aliphatic heterocycles. The fraction of sp³-hybridized carbons (Fsp3) is 0.500. The highest BCUT2D eigenvalue weighted by Gasteiger charge is 2.20. The molecule has 0 saturated heterocycles. The third kappa shape index (κ3) is 3.47. The van der Waals surface area contributed by atoms with Crippen molar-refractivity contribution in [2.24, 2.45) is 0 Å². The lowest BCUT2D eigenvalue weighted by atomic mass is 10.2. The molecule has 17 heavy (non-hydrogen) atoms. The van der Waals surface area contributed by atoms with Gasteiger partial charge in [0, 0.05) is 25.3 Å². The molecular weight excluding hydrogens is 210 g/mol. The molecule has 0 bridgehead atoms. The van der Waals surface area contributed by atoms with Crippen molar-refractivity contribution in [2.75, 3.05) is 18.5 Å². The van der Waals surface area contributed by atoms with Crippen LogP contribution in [0.3, 0.4) is 0 Å². The molecule has 3 nitrogen and oxygen atoms in total. The van der Waals surface area contributed by atoms with Crippen molar-refractivity contribution in [3.8, 4) is 12.3 Å². The first-order valence-electron chi connectivity index (χ1n) is 6.04. The molecule has 2 rings (SSSR count). The van der Waals surface area contributed by atoms with Gasteiger partial charge in [0.2, 0.25) is 0 Å². The Kier molecular flexibility index (Phi) is 3.65. The maximum Gasteiger partial charge on any atom is 0.129 e. The van der Waals surface area contributed by atoms with Crippen molar-refractivity contribution in [1.82, 2.24) is 10.3 Å². The highest BCUT2D eigenvalue weighted by Crippen LogP contribution is 2.20. The number of hydrogen-bond donors (Lipinski definition) is 1. The predicted octanol–water partition coefficient (Wildman–Crippen LogP) is 1.71. The maximum atomic E-state index is 5.32. The molecular formula is C14H19N3. The number of pyridine rings is 1. The predicted molar refractivity (Wildman–Crippen MR) is 70.9 cm³/mol. The van der Waals surface area contributed by atoms with E-state index in [0.717, 1.165) is 24.1 Å². The topological polar surface area (TPSA) is 28.2 Å². The van der Waals surface area contributed by atoms with E-state index in [4.69, 9.17) is 6.42 Å². The van der Waals surface area contributed by atoms with Crippen LogP contribution in [0.4, 0.5) is 5.82 Å². The molecule has 1 aromatic rings. The van der Waals surface area contributed by atoms with Gasteiger partial charge in [0.05, 0.1) is 6.54 Å². The number of aromatic nitrogens is 1. The van der Waals surface area contributed by atoms with Crippen LogP contribution in [0.1, 0.15) is 24.1 Å². The van der Waals surface area contributed by atoms with Crippen LogP contribution in [0.15, 0.2) is 12.1 Å². The van der Waals surface area contributed by atoms with Gasteiger partial charge in [0.25, 0.3) is 0 Å². The number of anilines is 1. The van der Waals surface area contributed by atoms with Gasteiger partial charge in [-0.05, 0) is 37.5 Å². The normalized spacial score (nSPS) is 14.4. The summed E-state index contributed by atoms with van der Waals surface area (Å²) < 4.78 is 0. The van der Waals surface area contributed by atoms with Gasteiger partial charge < -0.3 is 10.2 Å². The van der Waals surface area contributed by atoms with Gasteiger partial charge >= 0.3 is 0 Å². The number of terminal acetylenes is 1. The van der Waals surface area contributed by atoms with Crippen molar-refractivity contribution in [3.05, 3.63) is 23.4 Å². The summed E-state index contributed by atoms with van der Waals surface area (Å²) in [7, 11) is 1.97. The Labute approximate surface area is 103 Å². The van der Waals surface area contributed by atoms with Gasteiger partial charge in [0.15, 0.2) is 0 Å². The van der Waals surface area contributed by atoms with Crippen molar-refractivity contribution in [3.63, 3.8) is 0 Å². The quantitative estimate of drug-likeness (QED) is 0.779. The molecule has 0 unspecified atom stereocenters. The molecule has 1 saturated carbocycles. The molecule has 0 amide bonds. The Hall–Kier alpha value is -1.53. The van der Waals surface area contributed by atoms with Crippen molar-refractivity contribution >= 4 is 5.82 Å². The second kappa shape index (κ2) is 5.20. The summed E-state index contributed by atoms with van der Waals surface area (Å²) in [5.74, 6) is 3.59. The van der Waals surface area contributed by atoms with E-state index in [9.17, 15) is 0 Å². The van der Waals surface area contributed by atoms with Gasteiger partial charge in [0.1, 0.15) is 5.82 Å². The summed E-state index contributed by atoms with van der Waals surface area (Å²) in [6.07, 6.45) is 7.94. The molecule has 1 aromatic heterocycles. The summed E-state index contributed by atoms with van der Waals surface area (Å²) >= 11 is 0. The van der Waals surface area contributed by atoms with E-state index in [2.05, 4.69) is 28.4 Å². The average Bonchev–Trinajstić information content (AvgIpc) is 3.10. The Morgan fingerprint density at radius 2 is 2.29 bits per heavy atom. The summed E-state index contributed by atoms with van der Waals surface area (Å²) in [4.78, 5) is 6.49. The standard InChI is InChI=1S/C14H19N3/c1-4-7-17(3)14-9-12(8-11(2)16-14)10-15-13-5-6-13/h1,8-9,13,15H,5-7,10H2,2-3H3. The smallest absolute Gasteiger partial charge is 0.129 e. The Balaban J connectivity index is 2.07. The second-order valence-electron chi connectivity index (χ2n) is 4.69. The molecule has 0 atom stereocenters. The number of aryl methyl sites for hydroxylation is 1. The summed E-state index contributed by atoms with van der Waals surface area (Å²) in [6, 6.07) is 4.97. The third-order valence-corrected chi connectivity index (χ3v) is 2.89. The van der Waals surface area contributed by atoms with E-state index >= 15 is 0 Å². The van der Waals surface area contributed by atoms with Crippen LogP contribution >= 0.6 is 0 Å². The molecule has 1 aliphatic carbocycles. The van der Waals surface area contributed by atoms with Crippen LogP contribution in [-0.4, -0.2) is 24.6 Å². The highest BCUT2D eigenvalue weighted by atomic mass is 15.2. The average molecular weight is 229 g/mol. The minimum absolute atomic E-state index is 0.589. The fourth-order valence-corrected chi connectivity index (χ4v) is 1.79. The minimum Gasteiger partial charge on any atom is -0.349 e. The van der Waals surface area contributed by atoms with Crippen molar-refractivity contribution < 1.29 is 0 Å². The van der Waals surface area contributed by atoms with Crippen molar-refractivity contribution in [2.45, 2.75) is 32.4 Å². The first-order valence-corrected chi connectivity index (χ1v) is 6.04. The van der Waals surface area contributed by atoms with Crippen LogP contribution in [-0.2, 0) is 6.54 Å². The summed E-state index contributed by atoms with van der Waals surface area (Å²) in [5, 5.41) is 3.51. The molecule has 1 heterocycles. The number of rotatable bonds is 5. The highest BCUT2D eigenvalue weighted by molar-refractivity contribution is 5.43. The molecule has 90 valence electrons. The Bertz CT molecular complexity index is 430. The second-order valence-corrected chi connectivity index (χ2v) is 4.69.